The second-order valence-corrected chi connectivity index (χ2v) is 8.92. The predicted molar refractivity (Wildman–Crippen MR) is 91.3 cm³/mol. The highest BCUT2D eigenvalue weighted by Crippen LogP contribution is 2.31. The summed E-state index contributed by atoms with van der Waals surface area (Å²) in [6, 6.07) is 11.1. The van der Waals surface area contributed by atoms with Crippen LogP contribution >= 0.6 is 11.3 Å². The molecular weight excluding hydrogens is 332 g/mol. The number of nitrogens with one attached hydrogen (secondary N) is 1. The number of anilines is 1. The topological polar surface area (TPSA) is 66.5 Å². The number of amides is 1. The highest BCUT2D eigenvalue weighted by atomic mass is 32.2. The summed E-state index contributed by atoms with van der Waals surface area (Å²) in [5, 5.41) is 0. The Morgan fingerprint density at radius 3 is 2.74 bits per heavy atom. The molecule has 1 aromatic heterocycles. The third kappa shape index (κ3) is 3.17. The van der Waals surface area contributed by atoms with Gasteiger partial charge in [-0.1, -0.05) is 18.2 Å². The second-order valence-electron chi connectivity index (χ2n) is 5.64. The highest BCUT2D eigenvalue weighted by molar-refractivity contribution is 7.91. The molecule has 3 rings (SSSR count). The van der Waals surface area contributed by atoms with E-state index >= 15 is 0 Å². The van der Waals surface area contributed by atoms with Crippen molar-refractivity contribution in [2.24, 2.45) is 0 Å². The van der Waals surface area contributed by atoms with Gasteiger partial charge in [0.1, 0.15) is 4.21 Å². The zero-order valence-corrected chi connectivity index (χ0v) is 14.6. The molecule has 7 heteroatoms. The molecule has 0 fully saturated rings. The summed E-state index contributed by atoms with van der Waals surface area (Å²) in [6.07, 6.45) is 0.790. The molecule has 122 valence electrons. The number of carbonyl (C=O) groups is 1. The number of benzene rings is 1. The lowest BCUT2D eigenvalue weighted by Crippen LogP contribution is -2.42. The van der Waals surface area contributed by atoms with Gasteiger partial charge in [-0.25, -0.2) is 13.1 Å². The van der Waals surface area contributed by atoms with Crippen molar-refractivity contribution in [2.75, 3.05) is 11.4 Å². The standard InChI is InChI=1S/C16H18N2O3S2/c1-11-9-13-5-3-4-6-14(13)18(11)15(19)10-17-23(20,21)16-8-7-12(2)22-16/h3-8,11,17H,9-10H2,1-2H3. The lowest BCUT2D eigenvalue weighted by molar-refractivity contribution is -0.117. The van der Waals surface area contributed by atoms with Crippen molar-refractivity contribution in [2.45, 2.75) is 30.5 Å². The van der Waals surface area contributed by atoms with Gasteiger partial charge in [0.15, 0.2) is 0 Å². The first kappa shape index (κ1) is 16.2. The van der Waals surface area contributed by atoms with Crippen molar-refractivity contribution in [3.8, 4) is 0 Å². The summed E-state index contributed by atoms with van der Waals surface area (Å²) in [6.45, 7) is 3.57. The van der Waals surface area contributed by atoms with Crippen LogP contribution < -0.4 is 9.62 Å². The van der Waals surface area contributed by atoms with Gasteiger partial charge in [-0.05, 0) is 44.0 Å². The zero-order valence-electron chi connectivity index (χ0n) is 12.9. The van der Waals surface area contributed by atoms with Crippen LogP contribution in [0.15, 0.2) is 40.6 Å². The number of thiophene rings is 1. The minimum Gasteiger partial charge on any atom is -0.308 e. The Morgan fingerprint density at radius 2 is 2.04 bits per heavy atom. The molecule has 1 amide bonds. The number of aryl methyl sites for hydroxylation is 1. The van der Waals surface area contributed by atoms with Crippen molar-refractivity contribution in [3.63, 3.8) is 0 Å². The molecule has 1 N–H and O–H groups in total. The van der Waals surface area contributed by atoms with Gasteiger partial charge >= 0.3 is 0 Å². The average Bonchev–Trinajstić information content (AvgIpc) is 3.08. The third-order valence-electron chi connectivity index (χ3n) is 3.87. The summed E-state index contributed by atoms with van der Waals surface area (Å²) >= 11 is 1.19. The number of rotatable bonds is 4. The van der Waals surface area contributed by atoms with Crippen molar-refractivity contribution in [1.29, 1.82) is 0 Å². The second kappa shape index (κ2) is 6.07. The Morgan fingerprint density at radius 1 is 1.30 bits per heavy atom. The van der Waals surface area contributed by atoms with E-state index in [-0.39, 0.29) is 22.7 Å². The van der Waals surface area contributed by atoms with Crippen LogP contribution in [0.2, 0.25) is 0 Å². The molecule has 2 aromatic rings. The Kier molecular flexibility index (Phi) is 4.27. The van der Waals surface area contributed by atoms with Crippen molar-refractivity contribution in [3.05, 3.63) is 46.8 Å². The number of sulfonamides is 1. The number of para-hydroxylation sites is 1. The smallest absolute Gasteiger partial charge is 0.250 e. The molecule has 5 nitrogen and oxygen atoms in total. The first-order valence-corrected chi connectivity index (χ1v) is 9.64. The van der Waals surface area contributed by atoms with Gasteiger partial charge in [0.25, 0.3) is 10.0 Å². The fourth-order valence-corrected chi connectivity index (χ4v) is 5.12. The summed E-state index contributed by atoms with van der Waals surface area (Å²) < 4.78 is 27.1. The quantitative estimate of drug-likeness (QED) is 0.920. The molecule has 0 radical (unpaired) electrons. The largest absolute Gasteiger partial charge is 0.308 e. The Hall–Kier alpha value is -1.70. The van der Waals surface area contributed by atoms with Crippen molar-refractivity contribution < 1.29 is 13.2 Å². The summed E-state index contributed by atoms with van der Waals surface area (Å²) in [4.78, 5) is 15.1. The maximum absolute atomic E-state index is 12.5. The van der Waals surface area contributed by atoms with Gasteiger partial charge in [0, 0.05) is 16.6 Å². The molecule has 1 aliphatic heterocycles. The van der Waals surface area contributed by atoms with Crippen LogP contribution in [0.5, 0.6) is 0 Å². The number of hydrogen-bond acceptors (Lipinski definition) is 4. The van der Waals surface area contributed by atoms with Gasteiger partial charge in [-0.3, -0.25) is 4.79 Å². The van der Waals surface area contributed by atoms with E-state index in [9.17, 15) is 13.2 Å². The molecule has 0 saturated heterocycles. The molecule has 0 saturated carbocycles. The minimum atomic E-state index is -3.64. The number of fused-ring (bicyclic) bond motifs is 1. The van der Waals surface area contributed by atoms with Crippen LogP contribution in [-0.4, -0.2) is 26.9 Å². The number of hydrogen-bond donors (Lipinski definition) is 1. The van der Waals surface area contributed by atoms with Crippen LogP contribution in [0, 0.1) is 6.92 Å². The van der Waals surface area contributed by atoms with E-state index in [1.807, 2.05) is 38.1 Å². The molecule has 1 unspecified atom stereocenters. The average molecular weight is 350 g/mol. The Labute approximate surface area is 140 Å². The fraction of sp³-hybridized carbons (Fsp3) is 0.312. The SMILES string of the molecule is Cc1ccc(S(=O)(=O)NCC(=O)N2c3ccccc3CC2C)s1. The van der Waals surface area contributed by atoms with Crippen LogP contribution in [-0.2, 0) is 21.2 Å². The normalized spacial score (nSPS) is 17.3. The molecule has 2 heterocycles. The van der Waals surface area contributed by atoms with Crippen LogP contribution in [0.3, 0.4) is 0 Å². The first-order chi connectivity index (χ1) is 10.9. The van der Waals surface area contributed by atoms with Gasteiger partial charge < -0.3 is 4.90 Å². The van der Waals surface area contributed by atoms with Crippen molar-refractivity contribution >= 4 is 33.0 Å². The first-order valence-electron chi connectivity index (χ1n) is 7.34. The van der Waals surface area contributed by atoms with Gasteiger partial charge in [0.2, 0.25) is 5.91 Å². The van der Waals surface area contributed by atoms with Crippen molar-refractivity contribution in [1.82, 2.24) is 4.72 Å². The lowest BCUT2D eigenvalue weighted by atomic mass is 10.1. The molecule has 1 aliphatic rings. The zero-order chi connectivity index (χ0) is 16.6. The van der Waals surface area contributed by atoms with Crippen LogP contribution in [0.1, 0.15) is 17.4 Å². The van der Waals surface area contributed by atoms with E-state index < -0.39 is 10.0 Å². The Balaban J connectivity index is 1.73. The number of nitrogens with zero attached hydrogens (tertiary/aromatic N) is 1. The fourth-order valence-electron chi connectivity index (χ4n) is 2.82. The lowest BCUT2D eigenvalue weighted by Gasteiger charge is -2.22. The van der Waals surface area contributed by atoms with E-state index in [0.29, 0.717) is 0 Å². The van der Waals surface area contributed by atoms with E-state index in [1.165, 1.54) is 11.3 Å². The third-order valence-corrected chi connectivity index (χ3v) is 6.76. The molecule has 1 aromatic carbocycles. The van der Waals surface area contributed by atoms with E-state index in [4.69, 9.17) is 0 Å². The van der Waals surface area contributed by atoms with Gasteiger partial charge in [-0.15, -0.1) is 11.3 Å². The monoisotopic (exact) mass is 350 g/mol. The van der Waals surface area contributed by atoms with Crippen LogP contribution in [0.25, 0.3) is 0 Å². The Bertz CT molecular complexity index is 843. The summed E-state index contributed by atoms with van der Waals surface area (Å²) in [5.41, 5.74) is 1.99. The number of carbonyl (C=O) groups excluding carboxylic acids is 1. The van der Waals surface area contributed by atoms with E-state index in [0.717, 1.165) is 22.5 Å². The van der Waals surface area contributed by atoms with E-state index in [2.05, 4.69) is 4.72 Å². The maximum Gasteiger partial charge on any atom is 0.250 e. The predicted octanol–water partition coefficient (Wildman–Crippen LogP) is 2.31. The maximum atomic E-state index is 12.5. The molecule has 23 heavy (non-hydrogen) atoms. The summed E-state index contributed by atoms with van der Waals surface area (Å²) in [5.74, 6) is -0.237. The van der Waals surface area contributed by atoms with E-state index in [1.54, 1.807) is 17.0 Å². The summed E-state index contributed by atoms with van der Waals surface area (Å²) in [7, 11) is -3.64. The van der Waals surface area contributed by atoms with Crippen LogP contribution in [0.4, 0.5) is 5.69 Å². The molecule has 0 aliphatic carbocycles. The van der Waals surface area contributed by atoms with Gasteiger partial charge in [0.05, 0.1) is 6.54 Å². The molecule has 0 spiro atoms. The molecular formula is C16H18N2O3S2. The van der Waals surface area contributed by atoms with Gasteiger partial charge in [-0.2, -0.15) is 0 Å². The molecule has 0 bridgehead atoms. The highest BCUT2D eigenvalue weighted by Gasteiger charge is 2.31. The molecule has 1 atom stereocenters. The minimum absolute atomic E-state index is 0.0355.